The van der Waals surface area contributed by atoms with Crippen molar-refractivity contribution >= 4 is 10.8 Å². The largest absolute Gasteiger partial charge is 0.329 e. The Kier molecular flexibility index (Phi) is 2.56. The molecule has 1 aromatic rings. The molecule has 0 unspecified atom stereocenters. The second-order valence-corrected chi connectivity index (χ2v) is 4.72. The molecule has 0 N–H and O–H groups in total. The zero-order valence-electron chi connectivity index (χ0n) is 6.81. The number of hydrogen-bond acceptors (Lipinski definition) is 0. The molecule has 1 rings (SSSR count). The van der Waals surface area contributed by atoms with Crippen LogP contribution in [0.2, 0.25) is 0 Å². The summed E-state index contributed by atoms with van der Waals surface area (Å²) >= 11 is 0. The van der Waals surface area contributed by atoms with Crippen LogP contribution in [0.5, 0.6) is 0 Å². The Balaban J connectivity index is 3.08. The van der Waals surface area contributed by atoms with Crippen molar-refractivity contribution in [2.24, 2.45) is 0 Å². The molecule has 0 spiro atoms. The van der Waals surface area contributed by atoms with Gasteiger partial charge in [0.1, 0.15) is 10.8 Å². The van der Waals surface area contributed by atoms with Gasteiger partial charge in [0.25, 0.3) is 0 Å². The van der Waals surface area contributed by atoms with Crippen molar-refractivity contribution in [3.8, 4) is 0 Å². The standard InChI is InChI=1S/C8H8F4S/c1-8(9,10)13(11,12)7-5-3-2-4-6-7/h2-6H,1H3. The Hall–Kier alpha value is -0.710. The molecule has 0 radical (unpaired) electrons. The summed E-state index contributed by atoms with van der Waals surface area (Å²) in [6.45, 7) is 0.245. The maximum Gasteiger partial charge on any atom is 0.329 e. The lowest BCUT2D eigenvalue weighted by Gasteiger charge is -2.26. The highest BCUT2D eigenvalue weighted by Gasteiger charge is 2.48. The van der Waals surface area contributed by atoms with Crippen LogP contribution in [0, 0.1) is 0 Å². The van der Waals surface area contributed by atoms with Crippen molar-refractivity contribution in [3.63, 3.8) is 0 Å². The first kappa shape index (κ1) is 10.4. The lowest BCUT2D eigenvalue weighted by Crippen LogP contribution is -2.14. The van der Waals surface area contributed by atoms with Gasteiger partial charge in [-0.05, 0) is 12.1 Å². The molecule has 0 aliphatic rings. The van der Waals surface area contributed by atoms with E-state index in [-0.39, 0.29) is 6.92 Å². The van der Waals surface area contributed by atoms with Crippen molar-refractivity contribution in [1.82, 2.24) is 0 Å². The van der Waals surface area contributed by atoms with Gasteiger partial charge in [-0.3, -0.25) is 0 Å². The molecule has 0 aromatic heterocycles. The first-order valence-electron chi connectivity index (χ1n) is 3.51. The highest BCUT2D eigenvalue weighted by atomic mass is 32.3. The summed E-state index contributed by atoms with van der Waals surface area (Å²) in [6.07, 6.45) is 0. The van der Waals surface area contributed by atoms with E-state index in [1.54, 1.807) is 0 Å². The third-order valence-electron chi connectivity index (χ3n) is 1.49. The topological polar surface area (TPSA) is 0 Å². The number of alkyl halides is 2. The fourth-order valence-corrected chi connectivity index (χ4v) is 1.71. The molecule has 0 aliphatic heterocycles. The predicted molar refractivity (Wildman–Crippen MR) is 45.1 cm³/mol. The van der Waals surface area contributed by atoms with Crippen LogP contribution in [0.1, 0.15) is 6.92 Å². The van der Waals surface area contributed by atoms with E-state index < -0.39 is 21.0 Å². The quantitative estimate of drug-likeness (QED) is 0.643. The third-order valence-corrected chi connectivity index (χ3v) is 3.25. The molecule has 0 atom stereocenters. The second-order valence-electron chi connectivity index (χ2n) is 2.59. The number of benzene rings is 1. The smallest absolute Gasteiger partial charge is 0.191 e. The summed E-state index contributed by atoms with van der Waals surface area (Å²) in [6, 6.07) is 6.19. The average molecular weight is 212 g/mol. The van der Waals surface area contributed by atoms with Crippen molar-refractivity contribution in [3.05, 3.63) is 30.3 Å². The summed E-state index contributed by atoms with van der Waals surface area (Å²) < 4.78 is 50.9. The summed E-state index contributed by atoms with van der Waals surface area (Å²) in [5.74, 6) is 0. The molecule has 0 bridgehead atoms. The van der Waals surface area contributed by atoms with Gasteiger partial charge >= 0.3 is 5.25 Å². The maximum absolute atomic E-state index is 13.0. The van der Waals surface area contributed by atoms with Crippen LogP contribution < -0.4 is 0 Å². The van der Waals surface area contributed by atoms with Gasteiger partial charge in [-0.25, -0.2) is 0 Å². The Morgan fingerprint density at radius 3 is 1.92 bits per heavy atom. The van der Waals surface area contributed by atoms with Crippen molar-refractivity contribution < 1.29 is 16.6 Å². The highest BCUT2D eigenvalue weighted by Crippen LogP contribution is 2.69. The van der Waals surface area contributed by atoms with Crippen LogP contribution in [0.25, 0.3) is 0 Å². The second kappa shape index (κ2) is 3.21. The minimum Gasteiger partial charge on any atom is -0.191 e. The number of hydrogen-bond donors (Lipinski definition) is 0. The molecule has 13 heavy (non-hydrogen) atoms. The van der Waals surface area contributed by atoms with Gasteiger partial charge in [0.2, 0.25) is 0 Å². The average Bonchev–Trinajstić information content (AvgIpc) is 2.04. The lowest BCUT2D eigenvalue weighted by atomic mass is 10.4. The van der Waals surface area contributed by atoms with Gasteiger partial charge in [0, 0.05) is 6.92 Å². The molecule has 0 heterocycles. The first-order chi connectivity index (χ1) is 5.86. The van der Waals surface area contributed by atoms with E-state index in [0.29, 0.717) is 0 Å². The summed E-state index contributed by atoms with van der Waals surface area (Å²) in [5, 5.41) is -3.95. The summed E-state index contributed by atoms with van der Waals surface area (Å²) in [5.41, 5.74) is 0. The molecule has 1 aromatic carbocycles. The van der Waals surface area contributed by atoms with Crippen molar-refractivity contribution in [2.45, 2.75) is 17.1 Å². The SMILES string of the molecule is CC(F)(F)S(F)(F)c1ccccc1. The molecule has 0 saturated carbocycles. The van der Waals surface area contributed by atoms with E-state index in [2.05, 4.69) is 0 Å². The summed E-state index contributed by atoms with van der Waals surface area (Å²) in [7, 11) is -5.01. The Labute approximate surface area is 75.5 Å². The Bertz CT molecular complexity index is 278. The van der Waals surface area contributed by atoms with Crippen LogP contribution in [0.3, 0.4) is 0 Å². The minimum absolute atomic E-state index is 0.245. The molecule has 74 valence electrons. The Morgan fingerprint density at radius 1 is 1.08 bits per heavy atom. The van der Waals surface area contributed by atoms with Crippen LogP contribution in [0.15, 0.2) is 35.2 Å². The van der Waals surface area contributed by atoms with E-state index in [1.807, 2.05) is 0 Å². The molecule has 5 heteroatoms. The highest BCUT2D eigenvalue weighted by molar-refractivity contribution is 8.26. The zero-order chi connectivity index (χ0) is 10.1. The van der Waals surface area contributed by atoms with Gasteiger partial charge in [-0.1, -0.05) is 18.2 Å². The molecule has 0 nitrogen and oxygen atoms in total. The van der Waals surface area contributed by atoms with Crippen LogP contribution in [-0.4, -0.2) is 5.25 Å². The van der Waals surface area contributed by atoms with E-state index >= 15 is 0 Å². The van der Waals surface area contributed by atoms with Crippen molar-refractivity contribution in [2.75, 3.05) is 0 Å². The Morgan fingerprint density at radius 2 is 1.54 bits per heavy atom. The minimum atomic E-state index is -5.01. The molecular formula is C8H8F4S. The van der Waals surface area contributed by atoms with E-state index in [0.717, 1.165) is 12.1 Å². The van der Waals surface area contributed by atoms with Gasteiger partial charge in [-0.15, -0.1) is 7.77 Å². The van der Waals surface area contributed by atoms with E-state index in [9.17, 15) is 16.6 Å². The van der Waals surface area contributed by atoms with Gasteiger partial charge < -0.3 is 0 Å². The predicted octanol–water partition coefficient (Wildman–Crippen LogP) is 4.23. The monoisotopic (exact) mass is 212 g/mol. The molecule has 0 amide bonds. The van der Waals surface area contributed by atoms with Crippen LogP contribution >= 0.6 is 10.8 Å². The third kappa shape index (κ3) is 1.96. The maximum atomic E-state index is 13.0. The van der Waals surface area contributed by atoms with Crippen LogP contribution in [0.4, 0.5) is 16.6 Å². The van der Waals surface area contributed by atoms with E-state index in [1.165, 1.54) is 18.2 Å². The number of halogens is 4. The van der Waals surface area contributed by atoms with Crippen molar-refractivity contribution in [1.29, 1.82) is 0 Å². The van der Waals surface area contributed by atoms with Gasteiger partial charge in [-0.2, -0.15) is 8.78 Å². The molecular weight excluding hydrogens is 204 g/mol. The molecule has 0 saturated heterocycles. The van der Waals surface area contributed by atoms with E-state index in [4.69, 9.17) is 0 Å². The normalized spacial score (nSPS) is 14.2. The molecule has 0 aliphatic carbocycles. The fraction of sp³-hybridized carbons (Fsp3) is 0.250. The zero-order valence-corrected chi connectivity index (χ0v) is 7.62. The lowest BCUT2D eigenvalue weighted by molar-refractivity contribution is 0.111. The van der Waals surface area contributed by atoms with Gasteiger partial charge in [0.15, 0.2) is 0 Å². The first-order valence-corrected chi connectivity index (χ1v) is 4.94. The van der Waals surface area contributed by atoms with Crippen LogP contribution in [-0.2, 0) is 0 Å². The number of rotatable bonds is 2. The fourth-order valence-electron chi connectivity index (χ4n) is 0.798. The van der Waals surface area contributed by atoms with Gasteiger partial charge in [0.05, 0.1) is 4.90 Å². The summed E-state index contributed by atoms with van der Waals surface area (Å²) in [4.78, 5) is -0.581. The molecule has 0 fully saturated rings.